The maximum Gasteiger partial charge on any atom is 0.220 e. The molecule has 3 heterocycles. The summed E-state index contributed by atoms with van der Waals surface area (Å²) in [5.41, 5.74) is 2.93. The third-order valence-corrected chi connectivity index (χ3v) is 7.42. The number of rotatable bonds is 4. The Hall–Kier alpha value is -2.72. The highest BCUT2D eigenvalue weighted by Crippen LogP contribution is 2.46. The lowest BCUT2D eigenvalue weighted by atomic mass is 9.60. The molecule has 7 heteroatoms. The monoisotopic (exact) mass is 418 g/mol. The summed E-state index contributed by atoms with van der Waals surface area (Å²) in [6.45, 7) is 6.16. The molecule has 2 aromatic rings. The first kappa shape index (κ1) is 20.2. The van der Waals surface area contributed by atoms with Crippen molar-refractivity contribution in [2.45, 2.75) is 32.2 Å². The Morgan fingerprint density at radius 2 is 1.87 bits per heavy atom. The Morgan fingerprint density at radius 3 is 2.61 bits per heavy atom. The number of hydrogen-bond acceptors (Lipinski definition) is 6. The van der Waals surface area contributed by atoms with E-state index >= 15 is 0 Å². The van der Waals surface area contributed by atoms with Gasteiger partial charge in [-0.05, 0) is 55.7 Å². The maximum atomic E-state index is 12.9. The van der Waals surface area contributed by atoms with Crippen LogP contribution in [0, 0.1) is 35.0 Å². The number of nitrogens with one attached hydrogen (secondary N) is 1. The van der Waals surface area contributed by atoms with Crippen molar-refractivity contribution in [2.24, 2.45) is 23.7 Å². The third kappa shape index (κ3) is 3.85. The summed E-state index contributed by atoms with van der Waals surface area (Å²) in [6.07, 6.45) is 6.25. The van der Waals surface area contributed by atoms with Gasteiger partial charge in [0, 0.05) is 51.0 Å². The van der Waals surface area contributed by atoms with E-state index in [0.29, 0.717) is 41.2 Å². The molecule has 1 aliphatic carbocycles. The van der Waals surface area contributed by atoms with Gasteiger partial charge in [0.05, 0.1) is 11.3 Å². The molecule has 1 N–H and O–H groups in total. The van der Waals surface area contributed by atoms with Gasteiger partial charge in [-0.2, -0.15) is 5.26 Å². The molecule has 5 atom stereocenters. The Bertz CT molecular complexity index is 1020. The molecule has 2 saturated heterocycles. The highest BCUT2D eigenvalue weighted by molar-refractivity contribution is 5.92. The summed E-state index contributed by atoms with van der Waals surface area (Å²) in [5.74, 6) is 2.61. The summed E-state index contributed by atoms with van der Waals surface area (Å²) < 4.78 is 0. The topological polar surface area (TPSA) is 85.2 Å². The minimum atomic E-state index is 0.126. The number of piperidine rings is 3. The molecule has 162 valence electrons. The molecule has 5 rings (SSSR count). The van der Waals surface area contributed by atoms with Gasteiger partial charge in [-0.25, -0.2) is 0 Å². The number of carbonyl (C=O) groups excluding carboxylic acids is 1. The average molecular weight is 419 g/mol. The van der Waals surface area contributed by atoms with Crippen LogP contribution in [0.25, 0.3) is 11.0 Å². The fourth-order valence-corrected chi connectivity index (χ4v) is 6.10. The van der Waals surface area contributed by atoms with Crippen LogP contribution in [0.4, 0.5) is 5.69 Å². The Kier molecular flexibility index (Phi) is 5.27. The lowest BCUT2D eigenvalue weighted by Gasteiger charge is -2.53. The standard InChI is InChI=1S/C24H30N6O/c1-15-7-19(28-22(31)9-20-17-8-18(20)13-29(2)12-17)14-30(11-15)21-4-3-16(10-25)23-24(21)27-6-5-26-23/h3-6,15,17-20H,7-9,11-14H2,1-2H3,(H,28,31)/t15-,17-,18+,19+,20-/m0/s1. The lowest BCUT2D eigenvalue weighted by molar-refractivity contribution is -0.128. The third-order valence-electron chi connectivity index (χ3n) is 7.42. The minimum absolute atomic E-state index is 0.126. The van der Waals surface area contributed by atoms with Crippen molar-refractivity contribution >= 4 is 22.6 Å². The van der Waals surface area contributed by atoms with E-state index in [9.17, 15) is 10.1 Å². The van der Waals surface area contributed by atoms with Gasteiger partial charge in [0.25, 0.3) is 0 Å². The first-order chi connectivity index (χ1) is 15.0. The van der Waals surface area contributed by atoms with E-state index in [0.717, 1.165) is 43.8 Å². The van der Waals surface area contributed by atoms with Crippen molar-refractivity contribution in [3.63, 3.8) is 0 Å². The van der Waals surface area contributed by atoms with Crippen LogP contribution < -0.4 is 10.2 Å². The van der Waals surface area contributed by atoms with Crippen molar-refractivity contribution in [1.29, 1.82) is 5.26 Å². The first-order valence-corrected chi connectivity index (χ1v) is 11.4. The number of benzene rings is 1. The predicted molar refractivity (Wildman–Crippen MR) is 119 cm³/mol. The lowest BCUT2D eigenvalue weighted by Crippen LogP contribution is -2.56. The number of anilines is 1. The molecule has 0 spiro atoms. The van der Waals surface area contributed by atoms with Gasteiger partial charge in [0.1, 0.15) is 17.1 Å². The van der Waals surface area contributed by atoms with Crippen molar-refractivity contribution in [1.82, 2.24) is 20.2 Å². The number of nitriles is 1. The molecular formula is C24H30N6O. The van der Waals surface area contributed by atoms with Gasteiger partial charge in [0.15, 0.2) is 0 Å². The molecular weight excluding hydrogens is 388 g/mol. The van der Waals surface area contributed by atoms with E-state index in [1.54, 1.807) is 12.4 Å². The summed E-state index contributed by atoms with van der Waals surface area (Å²) in [5, 5.41) is 12.7. The largest absolute Gasteiger partial charge is 0.367 e. The van der Waals surface area contributed by atoms with Crippen LogP contribution in [0.15, 0.2) is 24.5 Å². The number of nitrogens with zero attached hydrogens (tertiary/aromatic N) is 5. The summed E-state index contributed by atoms with van der Waals surface area (Å²) in [4.78, 5) is 26.5. The highest BCUT2D eigenvalue weighted by atomic mass is 16.1. The fraction of sp³-hybridized carbons (Fsp3) is 0.583. The summed E-state index contributed by atoms with van der Waals surface area (Å²) in [7, 11) is 2.19. The van der Waals surface area contributed by atoms with Crippen LogP contribution in [0.2, 0.25) is 0 Å². The van der Waals surface area contributed by atoms with Crippen molar-refractivity contribution in [3.05, 3.63) is 30.1 Å². The molecule has 3 fully saturated rings. The molecule has 7 nitrogen and oxygen atoms in total. The zero-order chi connectivity index (χ0) is 21.5. The molecule has 1 saturated carbocycles. The number of likely N-dealkylation sites (tertiary alicyclic amines) is 1. The fourth-order valence-electron chi connectivity index (χ4n) is 6.10. The zero-order valence-corrected chi connectivity index (χ0v) is 18.3. The number of hydrogen-bond donors (Lipinski definition) is 1. The van der Waals surface area contributed by atoms with Crippen LogP contribution in [0.5, 0.6) is 0 Å². The van der Waals surface area contributed by atoms with Crippen LogP contribution in [-0.2, 0) is 4.79 Å². The average Bonchev–Trinajstić information content (AvgIpc) is 2.76. The maximum absolute atomic E-state index is 12.9. The van der Waals surface area contributed by atoms with Crippen molar-refractivity contribution in [2.75, 3.05) is 38.1 Å². The zero-order valence-electron chi connectivity index (χ0n) is 18.3. The van der Waals surface area contributed by atoms with Crippen molar-refractivity contribution < 1.29 is 4.79 Å². The van der Waals surface area contributed by atoms with E-state index in [4.69, 9.17) is 0 Å². The molecule has 2 aliphatic heterocycles. The summed E-state index contributed by atoms with van der Waals surface area (Å²) in [6, 6.07) is 6.13. The molecule has 1 aromatic carbocycles. The van der Waals surface area contributed by atoms with Crippen LogP contribution >= 0.6 is 0 Å². The molecule has 31 heavy (non-hydrogen) atoms. The normalized spacial score (nSPS) is 30.5. The SMILES string of the molecule is C[C@H]1C[C@@H](NC(=O)C[C@@H]2[C@@H]3C[C@H]2CN(C)C3)CN(c2ccc(C#N)c3nccnc23)C1. The molecule has 1 aromatic heterocycles. The Morgan fingerprint density at radius 1 is 1.13 bits per heavy atom. The molecule has 0 radical (unpaired) electrons. The van der Waals surface area contributed by atoms with E-state index in [-0.39, 0.29) is 11.9 Å². The van der Waals surface area contributed by atoms with Gasteiger partial charge in [-0.3, -0.25) is 14.8 Å². The van der Waals surface area contributed by atoms with Crippen LogP contribution in [0.1, 0.15) is 31.7 Å². The smallest absolute Gasteiger partial charge is 0.220 e. The van der Waals surface area contributed by atoms with E-state index in [1.165, 1.54) is 6.42 Å². The van der Waals surface area contributed by atoms with E-state index in [1.807, 2.05) is 12.1 Å². The van der Waals surface area contributed by atoms with Crippen LogP contribution in [0.3, 0.4) is 0 Å². The van der Waals surface area contributed by atoms with Crippen molar-refractivity contribution in [3.8, 4) is 6.07 Å². The molecule has 3 aliphatic rings. The number of carbonyl (C=O) groups is 1. The van der Waals surface area contributed by atoms with Gasteiger partial charge in [-0.15, -0.1) is 0 Å². The molecule has 2 bridgehead atoms. The summed E-state index contributed by atoms with van der Waals surface area (Å²) >= 11 is 0. The second-order valence-corrected chi connectivity index (χ2v) is 9.85. The number of fused-ring (bicyclic) bond motifs is 3. The van der Waals surface area contributed by atoms with E-state index in [2.05, 4.69) is 45.1 Å². The second-order valence-electron chi connectivity index (χ2n) is 9.85. The first-order valence-electron chi connectivity index (χ1n) is 11.4. The second kappa shape index (κ2) is 8.08. The van der Waals surface area contributed by atoms with Gasteiger partial charge in [0.2, 0.25) is 5.91 Å². The molecule has 1 amide bonds. The van der Waals surface area contributed by atoms with Gasteiger partial charge in [-0.1, -0.05) is 6.92 Å². The number of aromatic nitrogens is 2. The highest BCUT2D eigenvalue weighted by Gasteiger charge is 2.46. The van der Waals surface area contributed by atoms with Crippen LogP contribution in [-0.4, -0.2) is 60.0 Å². The quantitative estimate of drug-likeness (QED) is 0.821. The minimum Gasteiger partial charge on any atom is -0.367 e. The Labute approximate surface area is 183 Å². The van der Waals surface area contributed by atoms with Gasteiger partial charge < -0.3 is 15.1 Å². The molecule has 0 unspecified atom stereocenters. The van der Waals surface area contributed by atoms with Gasteiger partial charge >= 0.3 is 0 Å². The predicted octanol–water partition coefficient (Wildman–Crippen LogP) is 2.42. The number of amides is 1. The Balaban J connectivity index is 1.28. The van der Waals surface area contributed by atoms with E-state index < -0.39 is 0 Å².